The van der Waals surface area contributed by atoms with Gasteiger partial charge in [0.25, 0.3) is 11.8 Å². The van der Waals surface area contributed by atoms with E-state index in [0.29, 0.717) is 30.9 Å². The lowest BCUT2D eigenvalue weighted by Crippen LogP contribution is -2.41. The van der Waals surface area contributed by atoms with E-state index in [0.717, 1.165) is 0 Å². The average Bonchev–Trinajstić information content (AvgIpc) is 2.97. The van der Waals surface area contributed by atoms with Crippen molar-refractivity contribution in [2.75, 3.05) is 32.1 Å². The molecule has 3 heterocycles. The van der Waals surface area contributed by atoms with Gasteiger partial charge in [0.2, 0.25) is 5.60 Å². The third-order valence-electron chi connectivity index (χ3n) is 5.27. The van der Waals surface area contributed by atoms with Gasteiger partial charge in [0, 0.05) is 37.2 Å². The Hall–Kier alpha value is -3.48. The van der Waals surface area contributed by atoms with Crippen LogP contribution in [0.5, 0.6) is 0 Å². The molecule has 1 aromatic heterocycles. The molecule has 4 N–H and O–H groups in total. The maximum atomic E-state index is 14.9. The van der Waals surface area contributed by atoms with Crippen molar-refractivity contribution in [2.24, 2.45) is 5.73 Å². The standard InChI is InChI=1S/C22H21FN4O4/c1-27-8-7-22(30,21(27)29)6-5-13-3-2-4-14(9-13)18-16(23)10-17(19(26-18)20(24)28)25-15-11-31-12-15/h2-4,9-10,15,25,30H,7-8,11-12H2,1H3,(H2,24,28)/t22-/m0/s1. The fourth-order valence-electron chi connectivity index (χ4n) is 3.42. The van der Waals surface area contributed by atoms with Gasteiger partial charge in [0.1, 0.15) is 5.69 Å². The summed E-state index contributed by atoms with van der Waals surface area (Å²) in [5.74, 6) is 3.54. The molecule has 0 aliphatic carbocycles. The number of ether oxygens (including phenoxy) is 1. The molecule has 0 spiro atoms. The van der Waals surface area contributed by atoms with Crippen LogP contribution < -0.4 is 11.1 Å². The maximum absolute atomic E-state index is 14.9. The number of pyridine rings is 1. The molecule has 160 valence electrons. The molecule has 1 aromatic carbocycles. The quantitative estimate of drug-likeness (QED) is 0.624. The number of carbonyl (C=O) groups excluding carboxylic acids is 2. The van der Waals surface area contributed by atoms with E-state index in [2.05, 4.69) is 22.1 Å². The van der Waals surface area contributed by atoms with Gasteiger partial charge in [-0.3, -0.25) is 9.59 Å². The number of nitrogens with two attached hydrogens (primary N) is 1. The Morgan fingerprint density at radius 2 is 2.19 bits per heavy atom. The van der Waals surface area contributed by atoms with Crippen LogP contribution in [0.4, 0.5) is 10.1 Å². The summed E-state index contributed by atoms with van der Waals surface area (Å²) >= 11 is 0. The number of anilines is 1. The molecule has 4 rings (SSSR count). The van der Waals surface area contributed by atoms with Crippen LogP contribution >= 0.6 is 0 Å². The molecule has 31 heavy (non-hydrogen) atoms. The molecular formula is C22H21FN4O4. The number of primary amides is 1. The lowest BCUT2D eigenvalue weighted by molar-refractivity contribution is -0.137. The zero-order valence-corrected chi connectivity index (χ0v) is 16.8. The fourth-order valence-corrected chi connectivity index (χ4v) is 3.42. The molecule has 0 unspecified atom stereocenters. The van der Waals surface area contributed by atoms with Gasteiger partial charge in [-0.25, -0.2) is 9.37 Å². The molecule has 2 aliphatic rings. The number of carbonyl (C=O) groups is 2. The summed E-state index contributed by atoms with van der Waals surface area (Å²) in [6.45, 7) is 1.32. The number of hydrogen-bond donors (Lipinski definition) is 3. The van der Waals surface area contributed by atoms with Crippen LogP contribution in [0.15, 0.2) is 30.3 Å². The molecule has 2 amide bonds. The van der Waals surface area contributed by atoms with Gasteiger partial charge >= 0.3 is 0 Å². The first-order valence-corrected chi connectivity index (χ1v) is 9.73. The van der Waals surface area contributed by atoms with Gasteiger partial charge in [-0.05, 0) is 12.1 Å². The van der Waals surface area contributed by atoms with Gasteiger partial charge in [-0.15, -0.1) is 0 Å². The first kappa shape index (κ1) is 20.8. The van der Waals surface area contributed by atoms with Crippen LogP contribution in [0.2, 0.25) is 0 Å². The summed E-state index contributed by atoms with van der Waals surface area (Å²) in [5.41, 5.74) is 4.65. The van der Waals surface area contributed by atoms with Crippen molar-refractivity contribution in [1.82, 2.24) is 9.88 Å². The largest absolute Gasteiger partial charge is 0.377 e. The SMILES string of the molecule is CN1CC[C@@](O)(C#Cc2cccc(-c3nc(C(N)=O)c(NC4COC4)cc3F)c2)C1=O. The average molecular weight is 424 g/mol. The Balaban J connectivity index is 1.66. The van der Waals surface area contributed by atoms with Crippen LogP contribution in [0.3, 0.4) is 0 Å². The molecule has 1 atom stereocenters. The molecule has 0 radical (unpaired) electrons. The number of rotatable bonds is 4. The Kier molecular flexibility index (Phi) is 5.35. The summed E-state index contributed by atoms with van der Waals surface area (Å²) in [6, 6.07) is 7.67. The van der Waals surface area contributed by atoms with Gasteiger partial charge in [0.15, 0.2) is 11.5 Å². The minimum Gasteiger partial charge on any atom is -0.377 e. The van der Waals surface area contributed by atoms with Crippen molar-refractivity contribution in [3.05, 3.63) is 47.4 Å². The second-order valence-corrected chi connectivity index (χ2v) is 7.63. The highest BCUT2D eigenvalue weighted by molar-refractivity contribution is 5.97. The van der Waals surface area contributed by atoms with Crippen LogP contribution in [-0.2, 0) is 9.53 Å². The fraction of sp³-hybridized carbons (Fsp3) is 0.318. The van der Waals surface area contributed by atoms with Crippen LogP contribution in [0.25, 0.3) is 11.3 Å². The molecule has 2 saturated heterocycles. The molecule has 2 aliphatic heterocycles. The van der Waals surface area contributed by atoms with Crippen LogP contribution in [-0.4, -0.2) is 65.3 Å². The Bertz CT molecular complexity index is 1120. The monoisotopic (exact) mass is 424 g/mol. The summed E-state index contributed by atoms with van der Waals surface area (Å²) in [7, 11) is 1.60. The van der Waals surface area contributed by atoms with E-state index in [9.17, 15) is 19.1 Å². The highest BCUT2D eigenvalue weighted by Gasteiger charge is 2.42. The van der Waals surface area contributed by atoms with Gasteiger partial charge < -0.3 is 25.8 Å². The number of aliphatic hydroxyl groups is 1. The van der Waals surface area contributed by atoms with Gasteiger partial charge in [-0.2, -0.15) is 0 Å². The van der Waals surface area contributed by atoms with Gasteiger partial charge in [-0.1, -0.05) is 24.0 Å². The minimum absolute atomic E-state index is 0.0353. The second-order valence-electron chi connectivity index (χ2n) is 7.63. The predicted octanol–water partition coefficient (Wildman–Crippen LogP) is 0.742. The van der Waals surface area contributed by atoms with E-state index in [1.807, 2.05) is 0 Å². The topological polar surface area (TPSA) is 118 Å². The first-order chi connectivity index (χ1) is 14.8. The Morgan fingerprint density at radius 1 is 1.42 bits per heavy atom. The van der Waals surface area contributed by atoms with Crippen molar-refractivity contribution in [3.63, 3.8) is 0 Å². The van der Waals surface area contributed by atoms with Crippen molar-refractivity contribution in [1.29, 1.82) is 0 Å². The van der Waals surface area contributed by atoms with Crippen molar-refractivity contribution in [3.8, 4) is 23.1 Å². The molecule has 0 bridgehead atoms. The highest BCUT2D eigenvalue weighted by Crippen LogP contribution is 2.27. The zero-order valence-electron chi connectivity index (χ0n) is 16.8. The normalized spacial score (nSPS) is 20.7. The number of halogens is 1. The number of hydrogen-bond acceptors (Lipinski definition) is 6. The van der Waals surface area contributed by atoms with E-state index in [-0.39, 0.29) is 29.5 Å². The Labute approximate surface area is 178 Å². The van der Waals surface area contributed by atoms with E-state index in [1.54, 1.807) is 31.3 Å². The van der Waals surface area contributed by atoms with E-state index < -0.39 is 23.2 Å². The van der Waals surface area contributed by atoms with Crippen LogP contribution in [0, 0.1) is 17.7 Å². The van der Waals surface area contributed by atoms with E-state index in [1.165, 1.54) is 11.0 Å². The summed E-state index contributed by atoms with van der Waals surface area (Å²) in [6.07, 6.45) is 0.216. The number of benzene rings is 1. The third kappa shape index (κ3) is 4.08. The summed E-state index contributed by atoms with van der Waals surface area (Å²) in [4.78, 5) is 29.5. The number of amides is 2. The first-order valence-electron chi connectivity index (χ1n) is 9.73. The van der Waals surface area contributed by atoms with Crippen molar-refractivity contribution >= 4 is 17.5 Å². The summed E-state index contributed by atoms with van der Waals surface area (Å²) < 4.78 is 19.9. The molecule has 8 nitrogen and oxygen atoms in total. The smallest absolute Gasteiger partial charge is 0.269 e. The number of likely N-dealkylation sites (N-methyl/N-ethyl adjacent to an activating group) is 1. The number of aromatic nitrogens is 1. The van der Waals surface area contributed by atoms with Crippen LogP contribution in [0.1, 0.15) is 22.5 Å². The highest BCUT2D eigenvalue weighted by atomic mass is 19.1. The molecule has 2 aromatic rings. The van der Waals surface area contributed by atoms with Crippen molar-refractivity contribution < 1.29 is 23.8 Å². The number of nitrogens with one attached hydrogen (secondary N) is 1. The van der Waals surface area contributed by atoms with Crippen molar-refractivity contribution in [2.45, 2.75) is 18.1 Å². The lowest BCUT2D eigenvalue weighted by atomic mass is 10.0. The number of nitrogens with zero attached hydrogens (tertiary/aromatic N) is 2. The molecule has 2 fully saturated rings. The summed E-state index contributed by atoms with van der Waals surface area (Å²) in [5, 5.41) is 13.5. The third-order valence-corrected chi connectivity index (χ3v) is 5.27. The maximum Gasteiger partial charge on any atom is 0.269 e. The van der Waals surface area contributed by atoms with Gasteiger partial charge in [0.05, 0.1) is 24.9 Å². The Morgan fingerprint density at radius 3 is 2.81 bits per heavy atom. The molecular weight excluding hydrogens is 403 g/mol. The van der Waals surface area contributed by atoms with E-state index in [4.69, 9.17) is 10.5 Å². The minimum atomic E-state index is -1.73. The molecule has 0 saturated carbocycles. The number of likely N-dealkylation sites (tertiary alicyclic amines) is 1. The predicted molar refractivity (Wildman–Crippen MR) is 110 cm³/mol. The second kappa shape index (κ2) is 7.98. The zero-order chi connectivity index (χ0) is 22.2. The molecule has 9 heteroatoms. The van der Waals surface area contributed by atoms with E-state index >= 15 is 0 Å². The lowest BCUT2D eigenvalue weighted by Gasteiger charge is -2.28.